The van der Waals surface area contributed by atoms with Gasteiger partial charge in [0.05, 0.1) is 5.56 Å². The minimum Gasteiger partial charge on any atom is -0.408 e. The van der Waals surface area contributed by atoms with E-state index in [4.69, 9.17) is 4.74 Å². The summed E-state index contributed by atoms with van der Waals surface area (Å²) in [6.45, 7) is 7.77. The molecule has 2 rings (SSSR count). The van der Waals surface area contributed by atoms with Crippen LogP contribution in [0.3, 0.4) is 0 Å². The molecule has 0 spiro atoms. The number of cyclic esters (lactones) is 1. The third-order valence-corrected chi connectivity index (χ3v) is 3.81. The van der Waals surface area contributed by atoms with E-state index in [1.165, 1.54) is 10.9 Å². The first-order valence-electron chi connectivity index (χ1n) is 7.84. The minimum atomic E-state index is -0.464. The lowest BCUT2D eigenvalue weighted by atomic mass is 10.1. The van der Waals surface area contributed by atoms with Gasteiger partial charge in [-0.05, 0) is 25.7 Å². The van der Waals surface area contributed by atoms with Crippen molar-refractivity contribution >= 4 is 23.9 Å². The van der Waals surface area contributed by atoms with Gasteiger partial charge in [-0.1, -0.05) is 20.8 Å². The van der Waals surface area contributed by atoms with E-state index in [0.717, 1.165) is 6.42 Å². The number of nitrogens with zero attached hydrogens (tertiary/aromatic N) is 4. The van der Waals surface area contributed by atoms with Gasteiger partial charge in [0.1, 0.15) is 12.9 Å². The fourth-order valence-corrected chi connectivity index (χ4v) is 2.04. The van der Waals surface area contributed by atoms with Crippen LogP contribution in [0.15, 0.2) is 21.1 Å². The van der Waals surface area contributed by atoms with Gasteiger partial charge in [-0.2, -0.15) is 0 Å². The van der Waals surface area contributed by atoms with Crippen LogP contribution in [0.4, 0.5) is 5.82 Å². The molecule has 0 aromatic carbocycles. The predicted octanol–water partition coefficient (Wildman–Crippen LogP) is 2.03. The Balaban J connectivity index is 2.20. The first kappa shape index (κ1) is 17.1. The van der Waals surface area contributed by atoms with Gasteiger partial charge in [0.2, 0.25) is 5.90 Å². The van der Waals surface area contributed by atoms with Crippen LogP contribution >= 0.6 is 0 Å². The van der Waals surface area contributed by atoms with Gasteiger partial charge in [0, 0.05) is 6.21 Å². The van der Waals surface area contributed by atoms with Crippen molar-refractivity contribution in [1.29, 1.82) is 0 Å². The van der Waals surface area contributed by atoms with Gasteiger partial charge in [0.15, 0.2) is 11.9 Å². The average molecular weight is 318 g/mol. The molecule has 0 amide bonds. The molecule has 23 heavy (non-hydrogen) atoms. The molecule has 1 aliphatic rings. The standard InChI is InChI=1S/C16H22N4O3/c1-5-10(3)7-17-14-11(4)15(21)20(9-18-14)8-13-19-12(6-2)16(22)23-13/h7,9-10,12H,5-6,8H2,1-4H3/b17-7-. The molecule has 0 aliphatic carbocycles. The number of hydrogen-bond donors (Lipinski definition) is 0. The molecule has 0 N–H and O–H groups in total. The van der Waals surface area contributed by atoms with Gasteiger partial charge in [-0.25, -0.2) is 19.8 Å². The van der Waals surface area contributed by atoms with E-state index in [1.807, 2.05) is 6.92 Å². The van der Waals surface area contributed by atoms with Gasteiger partial charge in [-0.15, -0.1) is 0 Å². The summed E-state index contributed by atoms with van der Waals surface area (Å²) in [6, 6.07) is -0.464. The Labute approximate surface area is 135 Å². The number of carbonyl (C=O) groups excluding carboxylic acids is 1. The molecule has 1 aromatic heterocycles. The number of ether oxygens (including phenoxy) is 1. The van der Waals surface area contributed by atoms with E-state index in [9.17, 15) is 9.59 Å². The van der Waals surface area contributed by atoms with Crippen molar-refractivity contribution in [2.24, 2.45) is 15.9 Å². The van der Waals surface area contributed by atoms with Crippen molar-refractivity contribution in [3.05, 3.63) is 22.2 Å². The molecule has 2 heterocycles. The molecule has 0 radical (unpaired) electrons. The molecule has 0 saturated heterocycles. The number of esters is 1. The highest BCUT2D eigenvalue weighted by molar-refractivity contribution is 5.97. The molecular formula is C16H22N4O3. The van der Waals surface area contributed by atoms with Gasteiger partial charge in [-0.3, -0.25) is 9.36 Å². The van der Waals surface area contributed by atoms with Crippen LogP contribution < -0.4 is 5.56 Å². The first-order chi connectivity index (χ1) is 11.0. The molecule has 1 aromatic rings. The second-order valence-corrected chi connectivity index (χ2v) is 5.66. The monoisotopic (exact) mass is 318 g/mol. The second-order valence-electron chi connectivity index (χ2n) is 5.66. The maximum Gasteiger partial charge on any atom is 0.337 e. The van der Waals surface area contributed by atoms with Crippen molar-refractivity contribution in [1.82, 2.24) is 9.55 Å². The summed E-state index contributed by atoms with van der Waals surface area (Å²) in [6.07, 6.45) is 4.77. The molecule has 2 unspecified atom stereocenters. The van der Waals surface area contributed by atoms with Crippen molar-refractivity contribution in [3.63, 3.8) is 0 Å². The van der Waals surface area contributed by atoms with Crippen molar-refractivity contribution in [2.45, 2.75) is 53.1 Å². The summed E-state index contributed by atoms with van der Waals surface area (Å²) in [4.78, 5) is 36.6. The maximum absolute atomic E-state index is 12.4. The zero-order valence-electron chi connectivity index (χ0n) is 13.9. The lowest BCUT2D eigenvalue weighted by Crippen LogP contribution is -2.26. The van der Waals surface area contributed by atoms with Crippen LogP contribution in [0.2, 0.25) is 0 Å². The summed E-state index contributed by atoms with van der Waals surface area (Å²) < 4.78 is 6.46. The van der Waals surface area contributed by atoms with Crippen molar-refractivity contribution < 1.29 is 9.53 Å². The molecule has 7 heteroatoms. The van der Waals surface area contributed by atoms with Gasteiger partial charge < -0.3 is 4.74 Å². The Morgan fingerprint density at radius 1 is 1.43 bits per heavy atom. The fraction of sp³-hybridized carbons (Fsp3) is 0.562. The minimum absolute atomic E-state index is 0.101. The highest BCUT2D eigenvalue weighted by atomic mass is 16.6. The van der Waals surface area contributed by atoms with E-state index in [1.54, 1.807) is 13.1 Å². The average Bonchev–Trinajstić information content (AvgIpc) is 2.90. The largest absolute Gasteiger partial charge is 0.408 e. The second kappa shape index (κ2) is 7.30. The zero-order chi connectivity index (χ0) is 17.0. The molecule has 2 atom stereocenters. The lowest BCUT2D eigenvalue weighted by Gasteiger charge is -2.07. The Morgan fingerprint density at radius 2 is 2.17 bits per heavy atom. The smallest absolute Gasteiger partial charge is 0.337 e. The molecular weight excluding hydrogens is 296 g/mol. The third kappa shape index (κ3) is 3.91. The van der Waals surface area contributed by atoms with Crippen LogP contribution in [0.1, 0.15) is 39.2 Å². The molecule has 1 aliphatic heterocycles. The Kier molecular flexibility index (Phi) is 5.41. The molecule has 124 valence electrons. The molecule has 0 bridgehead atoms. The number of carbonyl (C=O) groups is 1. The molecule has 7 nitrogen and oxygen atoms in total. The van der Waals surface area contributed by atoms with Gasteiger partial charge >= 0.3 is 5.97 Å². The first-order valence-corrected chi connectivity index (χ1v) is 7.84. The zero-order valence-corrected chi connectivity index (χ0v) is 13.9. The number of rotatable bonds is 6. The van der Waals surface area contributed by atoms with Gasteiger partial charge in [0.25, 0.3) is 5.56 Å². The van der Waals surface area contributed by atoms with E-state index >= 15 is 0 Å². The Bertz CT molecular complexity index is 706. The topological polar surface area (TPSA) is 85.9 Å². The normalized spacial score (nSPS) is 19.0. The Morgan fingerprint density at radius 3 is 2.78 bits per heavy atom. The molecule has 0 saturated carbocycles. The quantitative estimate of drug-likeness (QED) is 0.593. The summed E-state index contributed by atoms with van der Waals surface area (Å²) in [5, 5.41) is 0. The summed E-state index contributed by atoms with van der Waals surface area (Å²) in [5.74, 6) is 0.635. The SMILES string of the molecule is CCC(C)/C=N\c1ncn(CC2=NC(CC)C(=O)O2)c(=O)c1C. The lowest BCUT2D eigenvalue weighted by molar-refractivity contribution is -0.135. The van der Waals surface area contributed by atoms with E-state index in [-0.39, 0.29) is 24.0 Å². The third-order valence-electron chi connectivity index (χ3n) is 3.81. The maximum atomic E-state index is 12.4. The van der Waals surface area contributed by atoms with Crippen LogP contribution in [0.25, 0.3) is 0 Å². The van der Waals surface area contributed by atoms with Crippen LogP contribution in [0, 0.1) is 12.8 Å². The number of hydrogen-bond acceptors (Lipinski definition) is 6. The number of aliphatic imine (C=N–C) groups is 2. The van der Waals surface area contributed by atoms with Crippen LogP contribution in [-0.4, -0.2) is 33.7 Å². The van der Waals surface area contributed by atoms with E-state index in [0.29, 0.717) is 23.7 Å². The highest BCUT2D eigenvalue weighted by Gasteiger charge is 2.27. The van der Waals surface area contributed by atoms with Crippen LogP contribution in [0.5, 0.6) is 0 Å². The van der Waals surface area contributed by atoms with E-state index < -0.39 is 6.04 Å². The number of aromatic nitrogens is 2. The van der Waals surface area contributed by atoms with Crippen molar-refractivity contribution in [2.75, 3.05) is 0 Å². The van der Waals surface area contributed by atoms with Crippen molar-refractivity contribution in [3.8, 4) is 0 Å². The van der Waals surface area contributed by atoms with Crippen LogP contribution in [-0.2, 0) is 16.1 Å². The van der Waals surface area contributed by atoms with E-state index in [2.05, 4.69) is 28.8 Å². The highest BCUT2D eigenvalue weighted by Crippen LogP contribution is 2.13. The fourth-order valence-electron chi connectivity index (χ4n) is 2.04. The summed E-state index contributed by atoms with van der Waals surface area (Å²) >= 11 is 0. The summed E-state index contributed by atoms with van der Waals surface area (Å²) in [5.41, 5.74) is 0.249. The Hall–Kier alpha value is -2.31. The summed E-state index contributed by atoms with van der Waals surface area (Å²) in [7, 11) is 0. The predicted molar refractivity (Wildman–Crippen MR) is 88.4 cm³/mol. The molecule has 0 fully saturated rings.